The number of benzene rings is 1. The van der Waals surface area contributed by atoms with E-state index in [0.717, 1.165) is 35.1 Å². The molecule has 1 heterocycles. The van der Waals surface area contributed by atoms with E-state index < -0.39 is 0 Å². The van der Waals surface area contributed by atoms with Gasteiger partial charge in [0.25, 0.3) is 0 Å². The fourth-order valence-electron chi connectivity index (χ4n) is 6.09. The smallest absolute Gasteiger partial charge is 0.228 e. The summed E-state index contributed by atoms with van der Waals surface area (Å²) in [6.45, 7) is 0. The third kappa shape index (κ3) is 2.77. The van der Waals surface area contributed by atoms with E-state index in [-0.39, 0.29) is 17.8 Å². The molecule has 4 aliphatic carbocycles. The quantitative estimate of drug-likeness (QED) is 0.858. The highest BCUT2D eigenvalue weighted by Gasteiger charge is 2.53. The summed E-state index contributed by atoms with van der Waals surface area (Å²) >= 11 is 0. The number of anilines is 2. The van der Waals surface area contributed by atoms with Gasteiger partial charge in [0.2, 0.25) is 5.95 Å². The van der Waals surface area contributed by atoms with Crippen molar-refractivity contribution in [1.29, 1.82) is 0 Å². The Hall–Kier alpha value is -1.75. The van der Waals surface area contributed by atoms with E-state index >= 15 is 0 Å². The predicted molar refractivity (Wildman–Crippen MR) is 104 cm³/mol. The highest BCUT2D eigenvalue weighted by molar-refractivity contribution is 5.85. The topological polar surface area (TPSA) is 52.0 Å². The van der Waals surface area contributed by atoms with Crippen LogP contribution in [0.1, 0.15) is 44.3 Å². The van der Waals surface area contributed by atoms with Crippen molar-refractivity contribution in [2.45, 2.75) is 43.9 Å². The van der Waals surface area contributed by atoms with Crippen LogP contribution < -0.4 is 10.1 Å². The van der Waals surface area contributed by atoms with Crippen LogP contribution in [0.15, 0.2) is 24.3 Å². The van der Waals surface area contributed by atoms with Crippen molar-refractivity contribution < 1.29 is 4.74 Å². The number of hydrogen-bond acceptors (Lipinski definition) is 4. The van der Waals surface area contributed by atoms with E-state index in [1.807, 2.05) is 24.3 Å². The normalized spacial score (nSPS) is 31.5. The van der Waals surface area contributed by atoms with Gasteiger partial charge < -0.3 is 10.1 Å². The average molecular weight is 375 g/mol. The van der Waals surface area contributed by atoms with E-state index in [4.69, 9.17) is 4.74 Å². The zero-order valence-electron chi connectivity index (χ0n) is 15.4. The van der Waals surface area contributed by atoms with Gasteiger partial charge in [-0.05, 0) is 80.5 Å². The van der Waals surface area contributed by atoms with Crippen molar-refractivity contribution in [3.63, 3.8) is 0 Å². The third-order valence-corrected chi connectivity index (χ3v) is 6.73. The molecule has 5 nitrogen and oxygen atoms in total. The van der Waals surface area contributed by atoms with E-state index in [0.29, 0.717) is 0 Å². The molecule has 1 aromatic carbocycles. The number of ether oxygens (including phenoxy) is 1. The lowest BCUT2D eigenvalue weighted by Crippen LogP contribution is -2.49. The van der Waals surface area contributed by atoms with Crippen LogP contribution in [0.4, 0.5) is 11.6 Å². The number of rotatable bonds is 4. The molecule has 0 saturated heterocycles. The van der Waals surface area contributed by atoms with Crippen molar-refractivity contribution in [1.82, 2.24) is 14.8 Å². The van der Waals surface area contributed by atoms with Crippen LogP contribution in [-0.2, 0) is 12.5 Å². The molecule has 1 N–H and O–H groups in total. The molecule has 26 heavy (non-hydrogen) atoms. The number of aromatic nitrogens is 3. The van der Waals surface area contributed by atoms with Crippen LogP contribution in [0.5, 0.6) is 5.75 Å². The number of nitrogens with one attached hydrogen (secondary N) is 1. The SMILES string of the molecule is COc1ccc(Nc2nnc(C34CC5CC(CC(C5)C3)C4)n2C)cc1.Cl. The summed E-state index contributed by atoms with van der Waals surface area (Å²) in [5.74, 6) is 5.64. The maximum Gasteiger partial charge on any atom is 0.228 e. The van der Waals surface area contributed by atoms with Gasteiger partial charge >= 0.3 is 0 Å². The van der Waals surface area contributed by atoms with Gasteiger partial charge in [-0.15, -0.1) is 22.6 Å². The van der Waals surface area contributed by atoms with Gasteiger partial charge in [-0.25, -0.2) is 0 Å². The predicted octanol–water partition coefficient (Wildman–Crippen LogP) is 4.46. The van der Waals surface area contributed by atoms with E-state index in [1.165, 1.54) is 44.3 Å². The first kappa shape index (κ1) is 17.7. The third-order valence-electron chi connectivity index (χ3n) is 6.73. The first-order valence-electron chi connectivity index (χ1n) is 9.46. The number of halogens is 1. The molecule has 0 spiro atoms. The van der Waals surface area contributed by atoms with Gasteiger partial charge in [0.1, 0.15) is 11.6 Å². The summed E-state index contributed by atoms with van der Waals surface area (Å²) in [6.07, 6.45) is 8.30. The Balaban J connectivity index is 0.00000168. The van der Waals surface area contributed by atoms with Gasteiger partial charge in [0.15, 0.2) is 0 Å². The van der Waals surface area contributed by atoms with Gasteiger partial charge in [-0.3, -0.25) is 4.57 Å². The first-order chi connectivity index (χ1) is 12.1. The summed E-state index contributed by atoms with van der Waals surface area (Å²) in [4.78, 5) is 0. The van der Waals surface area contributed by atoms with Gasteiger partial charge in [0.05, 0.1) is 7.11 Å². The molecular weight excluding hydrogens is 348 g/mol. The molecule has 0 amide bonds. The first-order valence-corrected chi connectivity index (χ1v) is 9.46. The zero-order valence-corrected chi connectivity index (χ0v) is 16.3. The molecular formula is C20H27ClN4O. The van der Waals surface area contributed by atoms with Crippen molar-refractivity contribution in [2.75, 3.05) is 12.4 Å². The molecule has 1 aromatic heterocycles. The Morgan fingerprint density at radius 1 is 1.00 bits per heavy atom. The molecule has 2 aromatic rings. The van der Waals surface area contributed by atoms with Crippen molar-refractivity contribution in [3.8, 4) is 5.75 Å². The molecule has 4 fully saturated rings. The number of methoxy groups -OCH3 is 1. The number of hydrogen-bond donors (Lipinski definition) is 1. The Bertz CT molecular complexity index is 750. The molecule has 4 bridgehead atoms. The van der Waals surface area contributed by atoms with Crippen LogP contribution in [0.25, 0.3) is 0 Å². The average Bonchev–Trinajstić information content (AvgIpc) is 2.96. The molecule has 4 aliphatic rings. The van der Waals surface area contributed by atoms with Crippen LogP contribution in [0.3, 0.4) is 0 Å². The highest BCUT2D eigenvalue weighted by atomic mass is 35.5. The van der Waals surface area contributed by atoms with Gasteiger partial charge in [-0.1, -0.05) is 0 Å². The minimum atomic E-state index is 0. The molecule has 6 heteroatoms. The van der Waals surface area contributed by atoms with Crippen LogP contribution in [-0.4, -0.2) is 21.9 Å². The highest BCUT2D eigenvalue weighted by Crippen LogP contribution is 2.60. The fourth-order valence-corrected chi connectivity index (χ4v) is 6.09. The second kappa shape index (κ2) is 6.45. The summed E-state index contributed by atoms with van der Waals surface area (Å²) < 4.78 is 7.42. The summed E-state index contributed by atoms with van der Waals surface area (Å²) in [5.41, 5.74) is 1.28. The van der Waals surface area contributed by atoms with E-state index in [1.54, 1.807) is 7.11 Å². The summed E-state index contributed by atoms with van der Waals surface area (Å²) in [7, 11) is 3.79. The van der Waals surface area contributed by atoms with E-state index in [2.05, 4.69) is 27.1 Å². The lowest BCUT2D eigenvalue weighted by atomic mass is 9.49. The standard InChI is InChI=1S/C20H26N4O.ClH/c1-24-18(20-10-13-7-14(11-20)9-15(8-13)12-20)22-23-19(24)21-16-3-5-17(25-2)6-4-16;/h3-6,13-15H,7-12H2,1-2H3,(H,21,23);1H. The molecule has 4 saturated carbocycles. The van der Waals surface area contributed by atoms with Crippen LogP contribution in [0, 0.1) is 17.8 Å². The van der Waals surface area contributed by atoms with E-state index in [9.17, 15) is 0 Å². The lowest BCUT2D eigenvalue weighted by Gasteiger charge is -2.56. The molecule has 0 atom stereocenters. The summed E-state index contributed by atoms with van der Waals surface area (Å²) in [6, 6.07) is 7.94. The van der Waals surface area contributed by atoms with Crippen molar-refractivity contribution in [2.24, 2.45) is 24.8 Å². The Kier molecular flexibility index (Phi) is 4.38. The summed E-state index contributed by atoms with van der Waals surface area (Å²) in [5, 5.41) is 12.6. The lowest BCUT2D eigenvalue weighted by molar-refractivity contribution is -0.0107. The maximum atomic E-state index is 5.22. The van der Waals surface area contributed by atoms with Crippen LogP contribution in [0.2, 0.25) is 0 Å². The Morgan fingerprint density at radius 2 is 1.58 bits per heavy atom. The largest absolute Gasteiger partial charge is 0.497 e. The second-order valence-electron chi connectivity index (χ2n) is 8.46. The van der Waals surface area contributed by atoms with Gasteiger partial charge in [-0.2, -0.15) is 0 Å². The molecule has 6 rings (SSSR count). The minimum Gasteiger partial charge on any atom is -0.497 e. The molecule has 0 radical (unpaired) electrons. The van der Waals surface area contributed by atoms with Crippen molar-refractivity contribution in [3.05, 3.63) is 30.1 Å². The monoisotopic (exact) mass is 374 g/mol. The minimum absolute atomic E-state index is 0. The molecule has 0 unspecified atom stereocenters. The fraction of sp³-hybridized carbons (Fsp3) is 0.600. The molecule has 0 aliphatic heterocycles. The second-order valence-corrected chi connectivity index (χ2v) is 8.46. The maximum absolute atomic E-state index is 5.22. The molecule has 140 valence electrons. The van der Waals surface area contributed by atoms with Gasteiger partial charge in [0, 0.05) is 18.2 Å². The van der Waals surface area contributed by atoms with Crippen molar-refractivity contribution >= 4 is 24.0 Å². The zero-order chi connectivity index (χ0) is 17.0. The number of nitrogens with zero attached hydrogens (tertiary/aromatic N) is 3. The van der Waals surface area contributed by atoms with Crippen LogP contribution >= 0.6 is 12.4 Å². The Labute approximate surface area is 160 Å². The Morgan fingerprint density at radius 3 is 2.12 bits per heavy atom.